The molecular formula is C10H9ClN4OS. The van der Waals surface area contributed by atoms with E-state index in [4.69, 9.17) is 17.3 Å². The molecule has 2 aromatic rings. The lowest BCUT2D eigenvalue weighted by Gasteiger charge is -2.03. The minimum absolute atomic E-state index is 0.289. The van der Waals surface area contributed by atoms with Crippen LogP contribution < -0.4 is 11.1 Å². The molecule has 1 heterocycles. The third-order valence-corrected chi connectivity index (χ3v) is 3.06. The minimum atomic E-state index is -0.289. The van der Waals surface area contributed by atoms with E-state index in [1.54, 1.807) is 19.1 Å². The lowest BCUT2D eigenvalue weighted by Crippen LogP contribution is -2.11. The van der Waals surface area contributed by atoms with E-state index in [2.05, 4.69) is 14.7 Å². The highest BCUT2D eigenvalue weighted by atomic mass is 35.5. The number of benzene rings is 1. The molecule has 0 saturated carbocycles. The quantitative estimate of drug-likeness (QED) is 0.819. The number of halogens is 1. The van der Waals surface area contributed by atoms with Crippen LogP contribution in [0.25, 0.3) is 0 Å². The van der Waals surface area contributed by atoms with E-state index >= 15 is 0 Å². The fourth-order valence-electron chi connectivity index (χ4n) is 1.19. The molecule has 3 N–H and O–H groups in total. The summed E-state index contributed by atoms with van der Waals surface area (Å²) in [6, 6.07) is 4.70. The van der Waals surface area contributed by atoms with Gasteiger partial charge in [-0.15, -0.1) is 0 Å². The van der Waals surface area contributed by atoms with Crippen LogP contribution in [0.2, 0.25) is 5.02 Å². The monoisotopic (exact) mass is 268 g/mol. The maximum Gasteiger partial charge on any atom is 0.257 e. The molecule has 0 radical (unpaired) electrons. The molecule has 5 nitrogen and oxygen atoms in total. The number of rotatable bonds is 2. The first-order valence-corrected chi connectivity index (χ1v) is 5.88. The van der Waals surface area contributed by atoms with E-state index in [1.165, 1.54) is 6.07 Å². The third kappa shape index (κ3) is 2.72. The molecule has 0 spiro atoms. The van der Waals surface area contributed by atoms with Gasteiger partial charge in [-0.3, -0.25) is 10.1 Å². The van der Waals surface area contributed by atoms with E-state index in [1.807, 2.05) is 0 Å². The molecule has 0 aliphatic heterocycles. The van der Waals surface area contributed by atoms with Crippen LogP contribution in [0.5, 0.6) is 0 Å². The first kappa shape index (κ1) is 11.8. The van der Waals surface area contributed by atoms with E-state index in [0.717, 1.165) is 11.5 Å². The summed E-state index contributed by atoms with van der Waals surface area (Å²) in [6.07, 6.45) is 0. The number of anilines is 2. The van der Waals surface area contributed by atoms with Crippen molar-refractivity contribution in [1.82, 2.24) is 9.36 Å². The molecule has 0 aliphatic rings. The van der Waals surface area contributed by atoms with Gasteiger partial charge in [-0.05, 0) is 25.1 Å². The third-order valence-electron chi connectivity index (χ3n) is 2.01. The largest absolute Gasteiger partial charge is 0.398 e. The van der Waals surface area contributed by atoms with Crippen molar-refractivity contribution in [2.24, 2.45) is 0 Å². The number of nitrogens with zero attached hydrogens (tertiary/aromatic N) is 2. The van der Waals surface area contributed by atoms with Crippen LogP contribution in [0.4, 0.5) is 10.8 Å². The van der Waals surface area contributed by atoms with Crippen molar-refractivity contribution in [3.05, 3.63) is 34.6 Å². The molecule has 1 aromatic carbocycles. The maximum atomic E-state index is 11.8. The molecule has 88 valence electrons. The van der Waals surface area contributed by atoms with Gasteiger partial charge in [-0.1, -0.05) is 11.6 Å². The zero-order chi connectivity index (χ0) is 12.4. The Bertz CT molecular complexity index is 569. The molecule has 2 rings (SSSR count). The molecule has 0 atom stereocenters. The van der Waals surface area contributed by atoms with Gasteiger partial charge in [0.15, 0.2) is 0 Å². The lowest BCUT2D eigenvalue weighted by molar-refractivity contribution is 0.102. The van der Waals surface area contributed by atoms with Crippen LogP contribution in [0.15, 0.2) is 18.2 Å². The summed E-state index contributed by atoms with van der Waals surface area (Å²) in [5.74, 6) is 0.337. The van der Waals surface area contributed by atoms with Crippen molar-refractivity contribution in [2.45, 2.75) is 6.92 Å². The lowest BCUT2D eigenvalue weighted by atomic mass is 10.2. The first-order valence-electron chi connectivity index (χ1n) is 4.73. The normalized spacial score (nSPS) is 10.2. The van der Waals surface area contributed by atoms with Crippen molar-refractivity contribution in [1.29, 1.82) is 0 Å². The number of carbonyl (C=O) groups excluding carboxylic acids is 1. The zero-order valence-corrected chi connectivity index (χ0v) is 10.5. The van der Waals surface area contributed by atoms with Crippen molar-refractivity contribution in [2.75, 3.05) is 11.1 Å². The molecule has 0 bridgehead atoms. The molecule has 0 saturated heterocycles. The fourth-order valence-corrected chi connectivity index (χ4v) is 1.94. The Hall–Kier alpha value is -1.66. The highest BCUT2D eigenvalue weighted by Gasteiger charge is 2.10. The van der Waals surface area contributed by atoms with E-state index in [9.17, 15) is 4.79 Å². The summed E-state index contributed by atoms with van der Waals surface area (Å²) in [5.41, 5.74) is 6.43. The number of carbonyl (C=O) groups is 1. The van der Waals surface area contributed by atoms with E-state index in [0.29, 0.717) is 27.2 Å². The number of aromatic nitrogens is 2. The average Bonchev–Trinajstić information content (AvgIpc) is 2.68. The summed E-state index contributed by atoms with van der Waals surface area (Å²) in [7, 11) is 0. The maximum absolute atomic E-state index is 11.8. The van der Waals surface area contributed by atoms with Gasteiger partial charge in [-0.2, -0.15) is 4.37 Å². The van der Waals surface area contributed by atoms with Crippen molar-refractivity contribution < 1.29 is 4.79 Å². The van der Waals surface area contributed by atoms with Crippen molar-refractivity contribution in [3.8, 4) is 0 Å². The van der Waals surface area contributed by atoms with Crippen LogP contribution >= 0.6 is 23.1 Å². The molecule has 0 aliphatic carbocycles. The predicted octanol–water partition coefficient (Wildman–Crippen LogP) is 2.33. The van der Waals surface area contributed by atoms with E-state index in [-0.39, 0.29) is 5.91 Å². The van der Waals surface area contributed by atoms with Gasteiger partial charge in [0.1, 0.15) is 5.82 Å². The number of aryl methyl sites for hydroxylation is 1. The molecule has 7 heteroatoms. The second-order valence-electron chi connectivity index (χ2n) is 3.34. The number of nitrogens with two attached hydrogens (primary N) is 1. The molecular weight excluding hydrogens is 260 g/mol. The molecule has 0 fully saturated rings. The summed E-state index contributed by atoms with van der Waals surface area (Å²) in [6.45, 7) is 1.76. The second kappa shape index (κ2) is 4.68. The Morgan fingerprint density at radius 2 is 2.29 bits per heavy atom. The Kier molecular flexibility index (Phi) is 3.26. The van der Waals surface area contributed by atoms with Gasteiger partial charge in [0.05, 0.1) is 10.7 Å². The van der Waals surface area contributed by atoms with Gasteiger partial charge in [0.2, 0.25) is 5.13 Å². The van der Waals surface area contributed by atoms with Crippen LogP contribution in [0.3, 0.4) is 0 Å². The number of hydrogen-bond acceptors (Lipinski definition) is 5. The van der Waals surface area contributed by atoms with Crippen molar-refractivity contribution in [3.63, 3.8) is 0 Å². The smallest absolute Gasteiger partial charge is 0.257 e. The molecule has 1 aromatic heterocycles. The topological polar surface area (TPSA) is 80.9 Å². The standard InChI is InChI=1S/C10H9ClN4OS/c1-5-13-10(17-15-5)14-9(16)6-2-3-8(12)7(11)4-6/h2-4H,12H2,1H3,(H,13,14,15,16). The SMILES string of the molecule is Cc1nsc(NC(=O)c2ccc(N)c(Cl)c2)n1. The van der Waals surface area contributed by atoms with Crippen LogP contribution in [0, 0.1) is 6.92 Å². The zero-order valence-electron chi connectivity index (χ0n) is 8.90. The predicted molar refractivity (Wildman–Crippen MR) is 68.5 cm³/mol. The summed E-state index contributed by atoms with van der Waals surface area (Å²) < 4.78 is 3.96. The molecule has 17 heavy (non-hydrogen) atoms. The van der Waals surface area contributed by atoms with Crippen LogP contribution in [-0.4, -0.2) is 15.3 Å². The number of nitrogens with one attached hydrogen (secondary N) is 1. The molecule has 1 amide bonds. The van der Waals surface area contributed by atoms with Gasteiger partial charge >= 0.3 is 0 Å². The average molecular weight is 269 g/mol. The van der Waals surface area contributed by atoms with Crippen LogP contribution in [-0.2, 0) is 0 Å². The second-order valence-corrected chi connectivity index (χ2v) is 4.50. The molecule has 0 unspecified atom stereocenters. The van der Waals surface area contributed by atoms with Gasteiger partial charge in [0, 0.05) is 17.1 Å². The minimum Gasteiger partial charge on any atom is -0.398 e. The highest BCUT2D eigenvalue weighted by Crippen LogP contribution is 2.20. The Morgan fingerprint density at radius 1 is 1.53 bits per heavy atom. The number of nitrogen functional groups attached to an aromatic ring is 1. The Balaban J connectivity index is 2.17. The van der Waals surface area contributed by atoms with Gasteiger partial charge in [-0.25, -0.2) is 4.98 Å². The van der Waals surface area contributed by atoms with Gasteiger partial charge < -0.3 is 5.73 Å². The van der Waals surface area contributed by atoms with E-state index < -0.39 is 0 Å². The Morgan fingerprint density at radius 3 is 2.88 bits per heavy atom. The number of hydrogen-bond donors (Lipinski definition) is 2. The fraction of sp³-hybridized carbons (Fsp3) is 0.100. The van der Waals surface area contributed by atoms with Crippen molar-refractivity contribution >= 4 is 39.9 Å². The first-order chi connectivity index (χ1) is 8.06. The highest BCUT2D eigenvalue weighted by molar-refractivity contribution is 7.09. The van der Waals surface area contributed by atoms with Crippen LogP contribution in [0.1, 0.15) is 16.2 Å². The van der Waals surface area contributed by atoms with Gasteiger partial charge in [0.25, 0.3) is 5.91 Å². The Labute approximate surface area is 107 Å². The number of amides is 1. The summed E-state index contributed by atoms with van der Waals surface area (Å²) >= 11 is 6.96. The summed E-state index contributed by atoms with van der Waals surface area (Å²) in [4.78, 5) is 15.8. The summed E-state index contributed by atoms with van der Waals surface area (Å²) in [5, 5.41) is 3.44.